The smallest absolute Gasteiger partial charge is 0.168 e. The number of unbranched alkanes of at least 4 members (excludes halogenated alkanes) is 59. The first-order valence-corrected chi connectivity index (χ1v) is 58.5. The van der Waals surface area contributed by atoms with Crippen LogP contribution in [0.5, 0.6) is 0 Å². The van der Waals surface area contributed by atoms with Crippen LogP contribution in [0.2, 0.25) is 0 Å². The molecule has 0 amide bonds. The minimum absolute atomic E-state index is 0.0417. The van der Waals surface area contributed by atoms with Crippen molar-refractivity contribution in [2.45, 2.75) is 560 Å². The molecule has 3 unspecified atom stereocenters. The average molecular weight is 1870 g/mol. The number of likely N-dealkylation sites (N-methyl/N-ethyl adjacent to an activating group) is 2. The summed E-state index contributed by atoms with van der Waals surface area (Å²) in [4.78, 5) is 6.77. The molecular weight excluding hydrogens is 1630 g/mol. The monoisotopic (exact) mass is 1860 g/mol. The molecule has 0 saturated carbocycles. The maximum absolute atomic E-state index is 10.00. The van der Waals surface area contributed by atoms with E-state index >= 15 is 0 Å². The molecule has 0 aromatic rings. The van der Waals surface area contributed by atoms with Crippen molar-refractivity contribution < 1.29 is 33.9 Å². The van der Waals surface area contributed by atoms with Crippen LogP contribution in [0.3, 0.4) is 0 Å². The molecule has 10 nitrogen and oxygen atoms in total. The van der Waals surface area contributed by atoms with E-state index < -0.39 is 6.10 Å². The molecule has 0 aliphatic carbocycles. The zero-order chi connectivity index (χ0) is 96.6. The minimum atomic E-state index is -0.603. The fraction of sp³-hybridized carbons (Fsp3) is 0.837. The molecule has 1 aliphatic heterocycles. The standard InChI is InChI=1S/C42H79NO3.C42H77NO2.C39H77NO2/c1-5-7-9-11-13-15-17-19-21-23-24-26-28-30-32-34-37-44-40-42(41-45-39-36-43(3)4)46-38-35-33-31-29-27-25-22-20-18-16-14-12-10-8-6-2;1-5-7-9-11-13-15-17-19-21-23-25-27-29-31-33-35-37-42(44-40-41(45-42)39-43(3)4)38-36-34-32-30-28-26-24-22-20-18-16-14-12-10-8-6-2;1-3-5-7-9-11-13-15-17-19-21-23-25-27-29-31-33-35-40(37-39(42)38-41)36-34-32-30-28-26-24-22-20-18-16-14-12-10-8-6-4-2/h12-15,18-21,42H,5-11,16-17,22-41H2,1-4H3;13-16,19-22,41H,5-12,17-18,23-40H2,1-4H3;17-20,39,41-42H,3-16,21-38H2,1-2H3/b14-12-,15-13-,20-18-,21-19-;15-13-,16-14-,21-19-,22-20-;19-17-,20-18-. The number of hydrogen-bond acceptors (Lipinski definition) is 10. The van der Waals surface area contributed by atoms with Gasteiger partial charge in [0.15, 0.2) is 5.79 Å². The molecule has 3 atom stereocenters. The summed E-state index contributed by atoms with van der Waals surface area (Å²) in [6.45, 7) is 22.5. The zero-order valence-electron chi connectivity index (χ0n) is 91.0. The number of aliphatic hydroxyl groups is 2. The van der Waals surface area contributed by atoms with E-state index in [0.29, 0.717) is 19.8 Å². The molecule has 133 heavy (non-hydrogen) atoms. The largest absolute Gasteiger partial charge is 0.394 e. The second kappa shape index (κ2) is 116. The third-order valence-electron chi connectivity index (χ3n) is 25.9. The maximum Gasteiger partial charge on any atom is 0.168 e. The average Bonchev–Trinajstić information content (AvgIpc) is 1.69. The Kier molecular flexibility index (Phi) is 115. The van der Waals surface area contributed by atoms with Crippen LogP contribution in [-0.4, -0.2) is 156 Å². The van der Waals surface area contributed by atoms with Gasteiger partial charge in [-0.2, -0.15) is 0 Å². The zero-order valence-corrected chi connectivity index (χ0v) is 91.0. The van der Waals surface area contributed by atoms with Crippen molar-refractivity contribution in [3.63, 3.8) is 0 Å². The van der Waals surface area contributed by atoms with Gasteiger partial charge < -0.3 is 48.6 Å². The Labute approximate surface area is 832 Å². The van der Waals surface area contributed by atoms with Gasteiger partial charge in [0.2, 0.25) is 0 Å². The van der Waals surface area contributed by atoms with E-state index in [-0.39, 0.29) is 24.6 Å². The highest BCUT2D eigenvalue weighted by Gasteiger charge is 2.40. The lowest BCUT2D eigenvalue weighted by molar-refractivity contribution is -0.180. The summed E-state index contributed by atoms with van der Waals surface area (Å²) in [5, 5.41) is 19.3. The van der Waals surface area contributed by atoms with Crippen LogP contribution in [0.1, 0.15) is 536 Å². The number of allylic oxidation sites excluding steroid dienone is 20. The van der Waals surface area contributed by atoms with Crippen molar-refractivity contribution in [1.29, 1.82) is 0 Å². The first-order chi connectivity index (χ1) is 65.6. The number of ether oxygens (including phenoxy) is 5. The lowest BCUT2D eigenvalue weighted by atomic mass is 9.98. The summed E-state index contributed by atoms with van der Waals surface area (Å²) >= 11 is 0. The summed E-state index contributed by atoms with van der Waals surface area (Å²) in [5.74, 6) is -0.328. The Bertz CT molecular complexity index is 2410. The first-order valence-electron chi connectivity index (χ1n) is 58.5. The van der Waals surface area contributed by atoms with E-state index in [9.17, 15) is 10.2 Å². The van der Waals surface area contributed by atoms with Crippen LogP contribution in [0, 0.1) is 0 Å². The summed E-state index contributed by atoms with van der Waals surface area (Å²) in [6, 6.07) is 0. The highest BCUT2D eigenvalue weighted by molar-refractivity contribution is 4.96. The van der Waals surface area contributed by atoms with Gasteiger partial charge in [0.05, 0.1) is 45.2 Å². The van der Waals surface area contributed by atoms with Gasteiger partial charge in [-0.3, -0.25) is 0 Å². The fourth-order valence-corrected chi connectivity index (χ4v) is 17.2. The van der Waals surface area contributed by atoms with Gasteiger partial charge in [0.1, 0.15) is 6.10 Å². The third-order valence-corrected chi connectivity index (χ3v) is 25.9. The van der Waals surface area contributed by atoms with Crippen LogP contribution in [-0.2, 0) is 23.7 Å². The lowest BCUT2D eigenvalue weighted by Crippen LogP contribution is -2.35. The number of rotatable bonds is 104. The molecule has 1 rings (SSSR count). The summed E-state index contributed by atoms with van der Waals surface area (Å²) in [7, 11) is 8.43. The van der Waals surface area contributed by atoms with Gasteiger partial charge in [-0.1, -0.05) is 433 Å². The molecule has 0 spiro atoms. The Balaban J connectivity index is 0. The summed E-state index contributed by atoms with van der Waals surface area (Å²) in [5.41, 5.74) is 0. The summed E-state index contributed by atoms with van der Waals surface area (Å²) < 4.78 is 31.2. The maximum atomic E-state index is 10.00. The molecule has 2 N–H and O–H groups in total. The van der Waals surface area contributed by atoms with E-state index in [1.54, 1.807) is 0 Å². The van der Waals surface area contributed by atoms with E-state index in [1.165, 1.54) is 443 Å². The topological polar surface area (TPSA) is 96.3 Å². The first kappa shape index (κ1) is 132. The number of hydrogen-bond donors (Lipinski definition) is 2. The van der Waals surface area contributed by atoms with Crippen molar-refractivity contribution in [1.82, 2.24) is 14.7 Å². The molecule has 0 aromatic heterocycles. The fourth-order valence-electron chi connectivity index (χ4n) is 17.2. The second-order valence-electron chi connectivity index (χ2n) is 40.2. The minimum Gasteiger partial charge on any atom is -0.394 e. The Morgan fingerprint density at radius 3 is 0.850 bits per heavy atom. The van der Waals surface area contributed by atoms with E-state index in [1.807, 2.05) is 0 Å². The lowest BCUT2D eigenvalue weighted by Gasteiger charge is -2.29. The molecule has 0 bridgehead atoms. The Hall–Kier alpha value is -3.00. The van der Waals surface area contributed by atoms with E-state index in [2.05, 4.69) is 206 Å². The van der Waals surface area contributed by atoms with E-state index in [4.69, 9.17) is 23.7 Å². The second-order valence-corrected chi connectivity index (χ2v) is 40.2. The molecule has 0 aromatic carbocycles. The molecule has 0 radical (unpaired) electrons. The highest BCUT2D eigenvalue weighted by atomic mass is 16.7. The van der Waals surface area contributed by atoms with Crippen LogP contribution in [0.15, 0.2) is 122 Å². The van der Waals surface area contributed by atoms with Crippen molar-refractivity contribution in [2.24, 2.45) is 0 Å². The predicted molar refractivity (Wildman–Crippen MR) is 593 cm³/mol. The molecule has 1 heterocycles. The highest BCUT2D eigenvalue weighted by Crippen LogP contribution is 2.35. The quantitative estimate of drug-likeness (QED) is 0.0453. The molecule has 1 aliphatic rings. The van der Waals surface area contributed by atoms with E-state index in [0.717, 1.165) is 104 Å². The van der Waals surface area contributed by atoms with Crippen molar-refractivity contribution in [2.75, 3.05) is 107 Å². The predicted octanol–water partition coefficient (Wildman–Crippen LogP) is 37.0. The van der Waals surface area contributed by atoms with Crippen molar-refractivity contribution in [3.05, 3.63) is 122 Å². The third kappa shape index (κ3) is 111. The molecule has 782 valence electrons. The van der Waals surface area contributed by atoms with Crippen molar-refractivity contribution >= 4 is 0 Å². The van der Waals surface area contributed by atoms with Crippen LogP contribution < -0.4 is 0 Å². The SMILES string of the molecule is CCCC/C=C\C/C=C\CCCCCCCCOC(COCCCCCCCC/C=C\C/C=C\CCCCC)COCCN(C)C.CCCCC/C=C\C/C=C\CCCCCCCCC1(CCCCCCCC/C=C\C/C=C\CCCCC)OCC(CN(C)C)O1.CCCCCCCC/C=C\CCCCCCCCN(CCCCCCCC/C=C\CCCCCCCC)CC(O)CO. The van der Waals surface area contributed by atoms with Gasteiger partial charge in [-0.15, -0.1) is 0 Å². The van der Waals surface area contributed by atoms with Gasteiger partial charge in [-0.25, -0.2) is 0 Å². The van der Waals surface area contributed by atoms with Crippen molar-refractivity contribution in [3.8, 4) is 0 Å². The molecule has 1 fully saturated rings. The molecular formula is C123H233N3O7. The normalized spacial score (nSPS) is 14.4. The Morgan fingerprint density at radius 1 is 0.286 bits per heavy atom. The van der Waals surface area contributed by atoms with Gasteiger partial charge >= 0.3 is 0 Å². The molecule has 1 saturated heterocycles. The Morgan fingerprint density at radius 2 is 0.541 bits per heavy atom. The van der Waals surface area contributed by atoms with Gasteiger partial charge in [-0.05, 0) is 253 Å². The van der Waals surface area contributed by atoms with Crippen LogP contribution >= 0.6 is 0 Å². The van der Waals surface area contributed by atoms with Gasteiger partial charge in [0, 0.05) is 45.7 Å². The molecule has 10 heteroatoms. The number of aliphatic hydroxyl groups excluding tert-OH is 2. The van der Waals surface area contributed by atoms with Crippen LogP contribution in [0.25, 0.3) is 0 Å². The van der Waals surface area contributed by atoms with Gasteiger partial charge in [0.25, 0.3) is 0 Å². The number of nitrogens with zero attached hydrogens (tertiary/aromatic N) is 3. The van der Waals surface area contributed by atoms with Crippen LogP contribution in [0.4, 0.5) is 0 Å². The summed E-state index contributed by atoms with van der Waals surface area (Å²) in [6.07, 6.45) is 146.